The second-order valence-corrected chi connectivity index (χ2v) is 10.1. The molecule has 0 aliphatic heterocycles. The fourth-order valence-electron chi connectivity index (χ4n) is 2.96. The summed E-state index contributed by atoms with van der Waals surface area (Å²) >= 11 is 21.9. The van der Waals surface area contributed by atoms with Crippen LogP contribution in [0.2, 0.25) is 15.1 Å². The lowest BCUT2D eigenvalue weighted by Gasteiger charge is -2.14. The quantitative estimate of drug-likeness (QED) is 0.134. The van der Waals surface area contributed by atoms with Gasteiger partial charge in [-0.05, 0) is 95.2 Å². The van der Waals surface area contributed by atoms with Crippen molar-refractivity contribution in [3.05, 3.63) is 97.3 Å². The number of benzene rings is 3. The monoisotopic (exact) mass is 632 g/mol. The number of carbonyl (C=O) groups is 1. The highest BCUT2D eigenvalue weighted by Gasteiger charge is 2.20. The van der Waals surface area contributed by atoms with E-state index in [1.807, 2.05) is 37.3 Å². The van der Waals surface area contributed by atoms with Gasteiger partial charge in [0, 0.05) is 19.9 Å². The number of methoxy groups -OCH3 is 1. The van der Waals surface area contributed by atoms with Crippen molar-refractivity contribution in [1.82, 2.24) is 0 Å². The van der Waals surface area contributed by atoms with Gasteiger partial charge in [-0.15, -0.1) is 11.8 Å². The number of Topliss-reactive ketones (excluding diaryl/α,β-unsaturated/α-hetero) is 1. The molecule has 3 aromatic carbocycles. The molecule has 0 saturated heterocycles. The molecule has 0 bridgehead atoms. The molecule has 3 rings (SSSR count). The van der Waals surface area contributed by atoms with E-state index in [9.17, 15) is 4.79 Å². The summed E-state index contributed by atoms with van der Waals surface area (Å²) in [5.41, 5.74) is 2.38. The van der Waals surface area contributed by atoms with Gasteiger partial charge in [-0.1, -0.05) is 40.9 Å². The zero-order valence-electron chi connectivity index (χ0n) is 17.8. The Bertz CT molecular complexity index is 1180. The fraction of sp³-hybridized carbons (Fsp3) is 0.160. The molecule has 0 saturated carbocycles. The Hall–Kier alpha value is -1.38. The largest absolute Gasteiger partial charge is 0.493 e. The lowest BCUT2D eigenvalue weighted by atomic mass is 10.1. The molecule has 0 amide bonds. The Morgan fingerprint density at radius 1 is 0.909 bits per heavy atom. The number of thioether (sulfide) groups is 1. The Labute approximate surface area is 226 Å². The van der Waals surface area contributed by atoms with Gasteiger partial charge < -0.3 is 9.47 Å². The molecule has 3 aromatic rings. The third kappa shape index (κ3) is 6.83. The predicted octanol–water partition coefficient (Wildman–Crippen LogP) is 8.97. The Kier molecular flexibility index (Phi) is 9.82. The van der Waals surface area contributed by atoms with Crippen LogP contribution in [0.4, 0.5) is 0 Å². The van der Waals surface area contributed by atoms with Gasteiger partial charge in [-0.25, -0.2) is 0 Å². The zero-order valence-corrected chi connectivity index (χ0v) is 23.1. The smallest absolute Gasteiger partial charge is 0.200 e. The topological polar surface area (TPSA) is 35.5 Å². The Morgan fingerprint density at radius 2 is 1.61 bits per heavy atom. The van der Waals surface area contributed by atoms with Crippen molar-refractivity contribution in [3.8, 4) is 11.5 Å². The third-order valence-electron chi connectivity index (χ3n) is 4.60. The van der Waals surface area contributed by atoms with Crippen LogP contribution in [0.15, 0.2) is 65.6 Å². The van der Waals surface area contributed by atoms with Crippen LogP contribution in [0.3, 0.4) is 0 Å². The van der Waals surface area contributed by atoms with Gasteiger partial charge in [-0.2, -0.15) is 0 Å². The summed E-state index contributed by atoms with van der Waals surface area (Å²) in [6.45, 7) is 2.45. The molecule has 0 aromatic heterocycles. The van der Waals surface area contributed by atoms with Crippen molar-refractivity contribution in [3.63, 3.8) is 0 Å². The van der Waals surface area contributed by atoms with Crippen LogP contribution in [0.25, 0.3) is 3.58 Å². The minimum Gasteiger partial charge on any atom is -0.493 e. The maximum atomic E-state index is 13.5. The van der Waals surface area contributed by atoms with Gasteiger partial charge in [0.1, 0.15) is 0 Å². The van der Waals surface area contributed by atoms with Gasteiger partial charge >= 0.3 is 0 Å². The van der Waals surface area contributed by atoms with Crippen LogP contribution < -0.4 is 9.47 Å². The van der Waals surface area contributed by atoms with Crippen LogP contribution in [0, 0.1) is 0 Å². The van der Waals surface area contributed by atoms with E-state index in [-0.39, 0.29) is 5.78 Å². The molecule has 0 fully saturated rings. The molecule has 0 unspecified atom stereocenters. The highest BCUT2D eigenvalue weighted by molar-refractivity contribution is 14.1. The summed E-state index contributed by atoms with van der Waals surface area (Å²) in [6, 6.07) is 18.0. The first-order valence-corrected chi connectivity index (χ1v) is 13.1. The first kappa shape index (κ1) is 26.2. The number of ketones is 1. The van der Waals surface area contributed by atoms with Crippen LogP contribution >= 0.6 is 69.2 Å². The molecule has 172 valence electrons. The summed E-state index contributed by atoms with van der Waals surface area (Å²) in [5.74, 6) is 1.72. The van der Waals surface area contributed by atoms with Gasteiger partial charge in [0.2, 0.25) is 0 Å². The molecule has 0 atom stereocenters. The molecule has 33 heavy (non-hydrogen) atoms. The Balaban J connectivity index is 2.02. The van der Waals surface area contributed by atoms with E-state index in [1.165, 1.54) is 11.8 Å². The maximum absolute atomic E-state index is 13.5. The van der Waals surface area contributed by atoms with E-state index in [0.29, 0.717) is 49.4 Å². The average Bonchev–Trinajstić information content (AvgIpc) is 2.82. The first-order chi connectivity index (χ1) is 15.8. The van der Waals surface area contributed by atoms with Crippen molar-refractivity contribution in [2.24, 2.45) is 0 Å². The van der Waals surface area contributed by atoms with E-state index in [4.69, 9.17) is 44.3 Å². The SMILES string of the molecule is CCOc1ccc(C(I)=C(SCc2ccc(Cl)c(Cl)c2)C(=O)c2ccc(Cl)cc2)cc1OC. The van der Waals surface area contributed by atoms with Crippen molar-refractivity contribution < 1.29 is 14.3 Å². The minimum absolute atomic E-state index is 0.0889. The molecular formula is C25H20Cl3IO3S. The van der Waals surface area contributed by atoms with E-state index in [0.717, 1.165) is 14.7 Å². The number of ether oxygens (including phenoxy) is 2. The summed E-state index contributed by atoms with van der Waals surface area (Å²) in [4.78, 5) is 14.1. The van der Waals surface area contributed by atoms with Crippen molar-refractivity contribution in [1.29, 1.82) is 0 Å². The van der Waals surface area contributed by atoms with Crippen LogP contribution in [-0.2, 0) is 5.75 Å². The summed E-state index contributed by atoms with van der Waals surface area (Å²) < 4.78 is 11.9. The van der Waals surface area contributed by atoms with E-state index in [2.05, 4.69) is 22.6 Å². The lowest BCUT2D eigenvalue weighted by Crippen LogP contribution is -2.03. The zero-order chi connectivity index (χ0) is 24.0. The molecule has 0 radical (unpaired) electrons. The minimum atomic E-state index is -0.0889. The molecule has 0 heterocycles. The van der Waals surface area contributed by atoms with Crippen molar-refractivity contribution in [2.45, 2.75) is 12.7 Å². The summed E-state index contributed by atoms with van der Waals surface area (Å²) in [5, 5.41) is 1.55. The summed E-state index contributed by atoms with van der Waals surface area (Å²) in [6.07, 6.45) is 0. The molecule has 0 aliphatic carbocycles. The number of hydrogen-bond acceptors (Lipinski definition) is 4. The maximum Gasteiger partial charge on any atom is 0.200 e. The molecule has 0 N–H and O–H groups in total. The van der Waals surface area contributed by atoms with Crippen LogP contribution in [0.5, 0.6) is 11.5 Å². The molecule has 3 nitrogen and oxygen atoms in total. The average molecular weight is 634 g/mol. The third-order valence-corrected chi connectivity index (χ3v) is 8.27. The van der Waals surface area contributed by atoms with Crippen molar-refractivity contribution >= 4 is 78.5 Å². The number of carbonyl (C=O) groups excluding carboxylic acids is 1. The molecular weight excluding hydrogens is 614 g/mol. The Morgan fingerprint density at radius 3 is 2.24 bits per heavy atom. The second kappa shape index (κ2) is 12.4. The normalized spacial score (nSPS) is 11.7. The van der Waals surface area contributed by atoms with Gasteiger partial charge in [0.15, 0.2) is 17.3 Å². The van der Waals surface area contributed by atoms with Gasteiger partial charge in [0.25, 0.3) is 0 Å². The van der Waals surface area contributed by atoms with Gasteiger partial charge in [0.05, 0.1) is 28.7 Å². The number of rotatable bonds is 9. The predicted molar refractivity (Wildman–Crippen MR) is 149 cm³/mol. The van der Waals surface area contributed by atoms with Crippen molar-refractivity contribution in [2.75, 3.05) is 13.7 Å². The highest BCUT2D eigenvalue weighted by atomic mass is 127. The van der Waals surface area contributed by atoms with Crippen LogP contribution in [-0.4, -0.2) is 19.5 Å². The van der Waals surface area contributed by atoms with Crippen LogP contribution in [0.1, 0.15) is 28.4 Å². The number of halogens is 4. The number of allylic oxidation sites excluding steroid dienone is 1. The lowest BCUT2D eigenvalue weighted by molar-refractivity contribution is 0.104. The molecule has 8 heteroatoms. The second-order valence-electron chi connectivity index (χ2n) is 6.81. The van der Waals surface area contributed by atoms with E-state index in [1.54, 1.807) is 37.4 Å². The summed E-state index contributed by atoms with van der Waals surface area (Å²) in [7, 11) is 1.59. The van der Waals surface area contributed by atoms with Gasteiger partial charge in [-0.3, -0.25) is 4.79 Å². The van der Waals surface area contributed by atoms with E-state index < -0.39 is 0 Å². The fourth-order valence-corrected chi connectivity index (χ4v) is 5.43. The standard InChI is InChI=1S/C25H20Cl3IO3S/c1-3-32-21-11-7-17(13-22(21)31-2)23(29)25(24(30)16-5-8-18(26)9-6-16)33-14-15-4-10-19(27)20(28)12-15/h4-13H,3,14H2,1-2H3. The first-order valence-electron chi connectivity index (χ1n) is 9.92. The molecule has 0 spiro atoms. The molecule has 0 aliphatic rings. The highest BCUT2D eigenvalue weighted by Crippen LogP contribution is 2.40. The van der Waals surface area contributed by atoms with E-state index >= 15 is 0 Å². The number of hydrogen-bond donors (Lipinski definition) is 0.